The van der Waals surface area contributed by atoms with Gasteiger partial charge in [0, 0.05) is 6.54 Å². The molecule has 2 aromatic carbocycles. The van der Waals surface area contributed by atoms with Crippen LogP contribution in [0.1, 0.15) is 40.2 Å². The number of nitriles is 1. The van der Waals surface area contributed by atoms with Crippen molar-refractivity contribution >= 4 is 17.2 Å². The lowest BCUT2D eigenvalue weighted by atomic mass is 9.97. The molecule has 0 aliphatic carbocycles. The smallest absolute Gasteiger partial charge is 0.267 e. The Hall–Kier alpha value is -3.21. The molecule has 1 aromatic heterocycles. The molecule has 142 valence electrons. The summed E-state index contributed by atoms with van der Waals surface area (Å²) >= 11 is 1.18. The van der Waals surface area contributed by atoms with Crippen molar-refractivity contribution < 1.29 is 14.6 Å². The number of hydrogen-bond acceptors (Lipinski definition) is 6. The number of thiazole rings is 1. The number of hydrogen-bond donors (Lipinski definition) is 2. The van der Waals surface area contributed by atoms with Gasteiger partial charge >= 0.3 is 0 Å². The van der Waals surface area contributed by atoms with E-state index in [0.717, 1.165) is 11.1 Å². The fourth-order valence-corrected chi connectivity index (χ4v) is 3.12. The van der Waals surface area contributed by atoms with Crippen LogP contribution in [-0.2, 0) is 12.1 Å². The third kappa shape index (κ3) is 4.74. The topological polar surface area (TPSA) is 95.2 Å². The molecule has 0 unspecified atom stereocenters. The second kappa shape index (κ2) is 8.21. The number of rotatable bonds is 6. The standard InChI is InChI=1S/C21H19N3O3S/c1-21(2,26)16-8-6-14(7-9-16)12-23-19(25)18-20(24-13-28-18)27-17-5-3-4-15(10-17)11-22/h3-10,13,26H,12H2,1-2H3,(H,23,25). The number of aromatic nitrogens is 1. The summed E-state index contributed by atoms with van der Waals surface area (Å²) in [4.78, 5) is 17.0. The highest BCUT2D eigenvalue weighted by Crippen LogP contribution is 2.27. The minimum Gasteiger partial charge on any atom is -0.437 e. The van der Waals surface area contributed by atoms with E-state index in [1.807, 2.05) is 30.3 Å². The van der Waals surface area contributed by atoms with Crippen LogP contribution >= 0.6 is 11.3 Å². The van der Waals surface area contributed by atoms with Gasteiger partial charge in [0.2, 0.25) is 5.88 Å². The van der Waals surface area contributed by atoms with Gasteiger partial charge in [0.1, 0.15) is 5.75 Å². The number of benzene rings is 2. The summed E-state index contributed by atoms with van der Waals surface area (Å²) in [5, 5.41) is 21.8. The van der Waals surface area contributed by atoms with Crippen molar-refractivity contribution in [1.82, 2.24) is 10.3 Å². The average molecular weight is 393 g/mol. The van der Waals surface area contributed by atoms with Gasteiger partial charge in [0.05, 0.1) is 22.7 Å². The number of nitrogens with one attached hydrogen (secondary N) is 1. The normalized spacial score (nSPS) is 10.9. The van der Waals surface area contributed by atoms with Crippen molar-refractivity contribution in [2.24, 2.45) is 0 Å². The van der Waals surface area contributed by atoms with Gasteiger partial charge in [-0.1, -0.05) is 30.3 Å². The molecule has 0 fully saturated rings. The number of nitrogens with zero attached hydrogens (tertiary/aromatic N) is 2. The van der Waals surface area contributed by atoms with Crippen LogP contribution in [0.3, 0.4) is 0 Å². The molecule has 1 amide bonds. The molecule has 0 bridgehead atoms. The van der Waals surface area contributed by atoms with Gasteiger partial charge in [-0.3, -0.25) is 4.79 Å². The highest BCUT2D eigenvalue weighted by molar-refractivity contribution is 7.12. The summed E-state index contributed by atoms with van der Waals surface area (Å²) in [6.07, 6.45) is 0. The summed E-state index contributed by atoms with van der Waals surface area (Å²) in [5.41, 5.74) is 2.82. The Morgan fingerprint density at radius 2 is 2.04 bits per heavy atom. The number of amides is 1. The molecular weight excluding hydrogens is 374 g/mol. The van der Waals surface area contributed by atoms with E-state index in [2.05, 4.69) is 10.3 Å². The zero-order valence-electron chi connectivity index (χ0n) is 15.5. The Kier molecular flexibility index (Phi) is 5.73. The van der Waals surface area contributed by atoms with Crippen molar-refractivity contribution in [2.75, 3.05) is 0 Å². The maximum absolute atomic E-state index is 12.5. The number of carbonyl (C=O) groups is 1. The van der Waals surface area contributed by atoms with Crippen LogP contribution in [0.4, 0.5) is 0 Å². The highest BCUT2D eigenvalue weighted by atomic mass is 32.1. The first kappa shape index (κ1) is 19.5. The minimum atomic E-state index is -0.903. The Labute approximate surface area is 167 Å². The predicted molar refractivity (Wildman–Crippen MR) is 106 cm³/mol. The van der Waals surface area contributed by atoms with Crippen molar-refractivity contribution in [2.45, 2.75) is 26.0 Å². The first-order valence-corrected chi connectivity index (χ1v) is 9.46. The summed E-state index contributed by atoms with van der Waals surface area (Å²) < 4.78 is 5.68. The largest absolute Gasteiger partial charge is 0.437 e. The van der Waals surface area contributed by atoms with E-state index in [1.54, 1.807) is 38.1 Å². The first-order chi connectivity index (χ1) is 13.4. The third-order valence-electron chi connectivity index (χ3n) is 4.03. The van der Waals surface area contributed by atoms with Crippen molar-refractivity contribution in [3.63, 3.8) is 0 Å². The zero-order valence-corrected chi connectivity index (χ0v) is 16.3. The summed E-state index contributed by atoms with van der Waals surface area (Å²) in [6.45, 7) is 3.79. The van der Waals surface area contributed by atoms with Crippen LogP contribution in [-0.4, -0.2) is 16.0 Å². The van der Waals surface area contributed by atoms with E-state index in [0.29, 0.717) is 22.7 Å². The Morgan fingerprint density at radius 1 is 1.29 bits per heavy atom. The SMILES string of the molecule is CC(C)(O)c1ccc(CNC(=O)c2scnc2Oc2cccc(C#N)c2)cc1. The van der Waals surface area contributed by atoms with Gasteiger partial charge in [-0.05, 0) is 43.2 Å². The van der Waals surface area contributed by atoms with Gasteiger partial charge in [-0.15, -0.1) is 11.3 Å². The van der Waals surface area contributed by atoms with Crippen LogP contribution in [0.5, 0.6) is 11.6 Å². The molecule has 0 saturated carbocycles. The lowest BCUT2D eigenvalue weighted by Gasteiger charge is -2.17. The van der Waals surface area contributed by atoms with E-state index in [1.165, 1.54) is 16.8 Å². The highest BCUT2D eigenvalue weighted by Gasteiger charge is 2.18. The maximum Gasteiger partial charge on any atom is 0.267 e. The average Bonchev–Trinajstić information content (AvgIpc) is 3.14. The molecule has 6 nitrogen and oxygen atoms in total. The van der Waals surface area contributed by atoms with Crippen LogP contribution in [0.2, 0.25) is 0 Å². The van der Waals surface area contributed by atoms with Crippen molar-refractivity contribution in [3.8, 4) is 17.7 Å². The monoisotopic (exact) mass is 393 g/mol. The van der Waals surface area contributed by atoms with Gasteiger partial charge in [-0.25, -0.2) is 4.98 Å². The Bertz CT molecular complexity index is 1010. The minimum absolute atomic E-state index is 0.204. The van der Waals surface area contributed by atoms with E-state index in [-0.39, 0.29) is 11.8 Å². The molecule has 0 saturated heterocycles. The van der Waals surface area contributed by atoms with Gasteiger partial charge in [-0.2, -0.15) is 5.26 Å². The number of ether oxygens (including phenoxy) is 1. The molecule has 2 N–H and O–H groups in total. The van der Waals surface area contributed by atoms with Crippen LogP contribution in [0.25, 0.3) is 0 Å². The third-order valence-corrected chi connectivity index (χ3v) is 4.84. The molecule has 0 atom stereocenters. The van der Waals surface area contributed by atoms with E-state index in [4.69, 9.17) is 10.00 Å². The maximum atomic E-state index is 12.5. The summed E-state index contributed by atoms with van der Waals surface area (Å²) in [7, 11) is 0. The zero-order chi connectivity index (χ0) is 20.1. The summed E-state index contributed by atoms with van der Waals surface area (Å²) in [6, 6.07) is 16.1. The van der Waals surface area contributed by atoms with Crippen molar-refractivity contribution in [3.05, 3.63) is 75.6 Å². The predicted octanol–water partition coefficient (Wildman–Crippen LogP) is 3.96. The number of aliphatic hydroxyl groups is 1. The Balaban J connectivity index is 1.66. The lowest BCUT2D eigenvalue weighted by Crippen LogP contribution is -2.22. The number of carbonyl (C=O) groups excluding carboxylic acids is 1. The molecule has 28 heavy (non-hydrogen) atoms. The van der Waals surface area contributed by atoms with Gasteiger partial charge in [0.15, 0.2) is 4.88 Å². The molecule has 7 heteroatoms. The van der Waals surface area contributed by atoms with Crippen LogP contribution in [0.15, 0.2) is 54.0 Å². The molecule has 0 aliphatic rings. The lowest BCUT2D eigenvalue weighted by molar-refractivity contribution is 0.0785. The first-order valence-electron chi connectivity index (χ1n) is 8.58. The molecular formula is C21H19N3O3S. The molecule has 0 radical (unpaired) electrons. The van der Waals surface area contributed by atoms with Crippen LogP contribution < -0.4 is 10.1 Å². The van der Waals surface area contributed by atoms with E-state index >= 15 is 0 Å². The second-order valence-electron chi connectivity index (χ2n) is 6.67. The van der Waals surface area contributed by atoms with E-state index in [9.17, 15) is 9.90 Å². The fourth-order valence-electron chi connectivity index (χ4n) is 2.49. The quantitative estimate of drug-likeness (QED) is 0.661. The molecule has 3 aromatic rings. The molecule has 1 heterocycles. The fraction of sp³-hybridized carbons (Fsp3) is 0.190. The van der Waals surface area contributed by atoms with Crippen LogP contribution in [0, 0.1) is 11.3 Å². The van der Waals surface area contributed by atoms with Gasteiger partial charge < -0.3 is 15.2 Å². The molecule has 0 spiro atoms. The summed E-state index contributed by atoms with van der Waals surface area (Å²) in [5.74, 6) is 0.358. The van der Waals surface area contributed by atoms with Crippen molar-refractivity contribution in [1.29, 1.82) is 5.26 Å². The molecule has 0 aliphatic heterocycles. The molecule has 3 rings (SSSR count). The second-order valence-corrected chi connectivity index (χ2v) is 7.52. The van der Waals surface area contributed by atoms with Gasteiger partial charge in [0.25, 0.3) is 5.91 Å². The Morgan fingerprint density at radius 3 is 2.71 bits per heavy atom. The van der Waals surface area contributed by atoms with E-state index < -0.39 is 5.60 Å².